The summed E-state index contributed by atoms with van der Waals surface area (Å²) >= 11 is 0. The number of para-hydroxylation sites is 1. The van der Waals surface area contributed by atoms with E-state index in [0.717, 1.165) is 0 Å². The molecular formula is C15H15NO4S2. The lowest BCUT2D eigenvalue weighted by atomic mass is 10.1. The molecule has 0 spiro atoms. The fraction of sp³-hybridized carbons (Fsp3) is 0.200. The summed E-state index contributed by atoms with van der Waals surface area (Å²) in [5, 5.41) is 0. The third-order valence-corrected chi connectivity index (χ3v) is 6.84. The predicted molar refractivity (Wildman–Crippen MR) is 84.1 cm³/mol. The molecule has 1 N–H and O–H groups in total. The van der Waals surface area contributed by atoms with Gasteiger partial charge >= 0.3 is 0 Å². The molecule has 0 atom stereocenters. The number of fused-ring (bicyclic) bond motifs is 1. The average molecular weight is 337 g/mol. The van der Waals surface area contributed by atoms with Crippen molar-refractivity contribution in [2.45, 2.75) is 22.6 Å². The molecule has 0 unspecified atom stereocenters. The van der Waals surface area contributed by atoms with Crippen LogP contribution in [0.3, 0.4) is 0 Å². The van der Waals surface area contributed by atoms with Crippen molar-refractivity contribution in [3.05, 3.63) is 54.1 Å². The largest absolute Gasteiger partial charge is 0.280 e. The number of nitrogens with one attached hydrogen (secondary N) is 1. The first-order valence-electron chi connectivity index (χ1n) is 6.82. The van der Waals surface area contributed by atoms with Crippen LogP contribution in [0.1, 0.15) is 12.0 Å². The van der Waals surface area contributed by atoms with Crippen molar-refractivity contribution < 1.29 is 16.8 Å². The van der Waals surface area contributed by atoms with Crippen LogP contribution in [0.15, 0.2) is 58.3 Å². The van der Waals surface area contributed by atoms with Gasteiger partial charge in [-0.1, -0.05) is 18.2 Å². The van der Waals surface area contributed by atoms with E-state index in [1.54, 1.807) is 30.3 Å². The van der Waals surface area contributed by atoms with Crippen LogP contribution in [-0.2, 0) is 26.3 Å². The minimum absolute atomic E-state index is 0.0761. The van der Waals surface area contributed by atoms with Crippen molar-refractivity contribution in [2.24, 2.45) is 0 Å². The predicted octanol–water partition coefficient (Wildman–Crippen LogP) is 2.21. The first-order valence-corrected chi connectivity index (χ1v) is 9.96. The summed E-state index contributed by atoms with van der Waals surface area (Å²) in [6.45, 7) is 0. The summed E-state index contributed by atoms with van der Waals surface area (Å²) in [6, 6.07) is 12.8. The molecule has 2 aromatic rings. The Morgan fingerprint density at radius 3 is 2.45 bits per heavy atom. The molecule has 1 aliphatic rings. The van der Waals surface area contributed by atoms with Crippen LogP contribution in [-0.4, -0.2) is 22.6 Å². The number of hydrogen-bond donors (Lipinski definition) is 1. The molecule has 116 valence electrons. The van der Waals surface area contributed by atoms with Gasteiger partial charge in [-0.05, 0) is 48.7 Å². The van der Waals surface area contributed by atoms with E-state index in [1.807, 2.05) is 0 Å². The van der Waals surface area contributed by atoms with Gasteiger partial charge in [-0.2, -0.15) is 0 Å². The third kappa shape index (κ3) is 2.86. The Morgan fingerprint density at radius 2 is 1.73 bits per heavy atom. The van der Waals surface area contributed by atoms with Crippen LogP contribution in [0.4, 0.5) is 5.69 Å². The molecular weight excluding hydrogens is 322 g/mol. The van der Waals surface area contributed by atoms with Crippen LogP contribution < -0.4 is 4.72 Å². The van der Waals surface area contributed by atoms with Crippen molar-refractivity contribution >= 4 is 25.5 Å². The van der Waals surface area contributed by atoms with Gasteiger partial charge in [0.1, 0.15) is 0 Å². The van der Waals surface area contributed by atoms with Gasteiger partial charge in [0.15, 0.2) is 9.84 Å². The van der Waals surface area contributed by atoms with Crippen LogP contribution >= 0.6 is 0 Å². The topological polar surface area (TPSA) is 80.3 Å². The Bertz CT molecular complexity index is 904. The Morgan fingerprint density at radius 1 is 1.00 bits per heavy atom. The van der Waals surface area contributed by atoms with E-state index in [0.29, 0.717) is 24.1 Å². The molecule has 0 bridgehead atoms. The zero-order valence-corrected chi connectivity index (χ0v) is 13.3. The molecule has 0 amide bonds. The lowest BCUT2D eigenvalue weighted by Crippen LogP contribution is -2.18. The number of hydrogen-bond acceptors (Lipinski definition) is 4. The molecule has 1 aliphatic heterocycles. The Balaban J connectivity index is 1.99. The molecule has 5 nitrogen and oxygen atoms in total. The van der Waals surface area contributed by atoms with Gasteiger partial charge < -0.3 is 0 Å². The van der Waals surface area contributed by atoms with E-state index >= 15 is 0 Å². The van der Waals surface area contributed by atoms with E-state index in [-0.39, 0.29) is 15.5 Å². The maximum Gasteiger partial charge on any atom is 0.261 e. The van der Waals surface area contributed by atoms with Gasteiger partial charge in [0.2, 0.25) is 0 Å². The fourth-order valence-electron chi connectivity index (χ4n) is 2.50. The van der Waals surface area contributed by atoms with Crippen molar-refractivity contribution in [3.63, 3.8) is 0 Å². The molecule has 0 saturated heterocycles. The van der Waals surface area contributed by atoms with Crippen molar-refractivity contribution in [1.29, 1.82) is 0 Å². The second-order valence-corrected chi connectivity index (χ2v) is 8.92. The Hall–Kier alpha value is -1.86. The molecule has 0 saturated carbocycles. The second kappa shape index (κ2) is 5.40. The van der Waals surface area contributed by atoms with E-state index in [2.05, 4.69) is 4.72 Å². The van der Waals surface area contributed by atoms with Gasteiger partial charge in [0.05, 0.1) is 15.5 Å². The highest BCUT2D eigenvalue weighted by Crippen LogP contribution is 2.28. The third-order valence-electron chi connectivity index (χ3n) is 3.56. The maximum atomic E-state index is 12.4. The number of sulfonamides is 1. The zero-order valence-electron chi connectivity index (χ0n) is 11.7. The standard InChI is InChI=1S/C15H15NO4S2/c17-21(18)10-4-5-12-11-14(8-9-15(12)21)22(19,20)16-13-6-2-1-3-7-13/h1-3,6-9,11,16H,4-5,10H2. The van der Waals surface area contributed by atoms with E-state index in [4.69, 9.17) is 0 Å². The van der Waals surface area contributed by atoms with Gasteiger partial charge in [-0.15, -0.1) is 0 Å². The van der Waals surface area contributed by atoms with Crippen LogP contribution in [0.5, 0.6) is 0 Å². The SMILES string of the molecule is O=S1(=O)CCCc2cc(S(=O)(=O)Nc3ccccc3)ccc21. The second-order valence-electron chi connectivity index (χ2n) is 5.16. The first kappa shape index (κ1) is 15.1. The van der Waals surface area contributed by atoms with Crippen molar-refractivity contribution in [2.75, 3.05) is 10.5 Å². The molecule has 22 heavy (non-hydrogen) atoms. The quantitative estimate of drug-likeness (QED) is 0.931. The Kier molecular flexibility index (Phi) is 3.70. The van der Waals surface area contributed by atoms with Gasteiger partial charge in [-0.3, -0.25) is 4.72 Å². The normalized spacial score (nSPS) is 16.7. The smallest absolute Gasteiger partial charge is 0.261 e. The number of benzene rings is 2. The number of anilines is 1. The number of aryl methyl sites for hydroxylation is 1. The van der Waals surface area contributed by atoms with E-state index in [9.17, 15) is 16.8 Å². The van der Waals surface area contributed by atoms with Crippen molar-refractivity contribution in [1.82, 2.24) is 0 Å². The molecule has 1 heterocycles. The Labute approximate surface area is 130 Å². The van der Waals surface area contributed by atoms with E-state index in [1.165, 1.54) is 18.2 Å². The lowest BCUT2D eigenvalue weighted by molar-refractivity contribution is 0.584. The first-order chi connectivity index (χ1) is 10.4. The monoisotopic (exact) mass is 337 g/mol. The summed E-state index contributed by atoms with van der Waals surface area (Å²) < 4.78 is 51.2. The van der Waals surface area contributed by atoms with Crippen LogP contribution in [0.2, 0.25) is 0 Å². The number of sulfone groups is 1. The summed E-state index contributed by atoms with van der Waals surface area (Å²) in [7, 11) is -7.01. The lowest BCUT2D eigenvalue weighted by Gasteiger charge is -2.17. The maximum absolute atomic E-state index is 12.4. The number of rotatable bonds is 3. The molecule has 0 radical (unpaired) electrons. The summed E-state index contributed by atoms with van der Waals surface area (Å²) in [5.74, 6) is 0.119. The highest BCUT2D eigenvalue weighted by atomic mass is 32.2. The minimum atomic E-state index is -3.73. The molecule has 3 rings (SSSR count). The summed E-state index contributed by atoms with van der Waals surface area (Å²) in [4.78, 5) is 0.324. The average Bonchev–Trinajstić information content (AvgIpc) is 2.47. The van der Waals surface area contributed by atoms with E-state index < -0.39 is 19.9 Å². The highest BCUT2D eigenvalue weighted by molar-refractivity contribution is 7.93. The molecule has 0 fully saturated rings. The van der Waals surface area contributed by atoms with Crippen molar-refractivity contribution in [3.8, 4) is 0 Å². The molecule has 7 heteroatoms. The highest BCUT2D eigenvalue weighted by Gasteiger charge is 2.25. The van der Waals surface area contributed by atoms with Crippen LogP contribution in [0.25, 0.3) is 0 Å². The summed E-state index contributed by atoms with van der Waals surface area (Å²) in [5.41, 5.74) is 1.04. The van der Waals surface area contributed by atoms with Crippen LogP contribution in [0, 0.1) is 0 Å². The molecule has 2 aromatic carbocycles. The minimum Gasteiger partial charge on any atom is -0.280 e. The molecule has 0 aliphatic carbocycles. The fourth-order valence-corrected chi connectivity index (χ4v) is 5.19. The molecule has 0 aromatic heterocycles. The van der Waals surface area contributed by atoms with Gasteiger partial charge in [-0.25, -0.2) is 16.8 Å². The zero-order chi connectivity index (χ0) is 15.8. The van der Waals surface area contributed by atoms with Gasteiger partial charge in [0, 0.05) is 5.69 Å². The van der Waals surface area contributed by atoms with Gasteiger partial charge in [0.25, 0.3) is 10.0 Å². The summed E-state index contributed by atoms with van der Waals surface area (Å²) in [6.07, 6.45) is 1.09.